The first-order valence-electron chi connectivity index (χ1n) is 3.55. The second kappa shape index (κ2) is 4.65. The zero-order valence-corrected chi connectivity index (χ0v) is 8.02. The van der Waals surface area contributed by atoms with E-state index in [1.165, 1.54) is 6.92 Å². The second-order valence-corrected chi connectivity index (χ2v) is 3.73. The van der Waals surface area contributed by atoms with Crippen LogP contribution in [0.1, 0.15) is 13.3 Å². The van der Waals surface area contributed by atoms with Crippen LogP contribution in [0.15, 0.2) is 11.8 Å². The molecule has 0 fully saturated rings. The van der Waals surface area contributed by atoms with E-state index in [1.807, 2.05) is 0 Å². The van der Waals surface area contributed by atoms with Crippen molar-refractivity contribution in [3.05, 3.63) is 11.8 Å². The monoisotopic (exact) mass is 234 g/mol. The minimum absolute atomic E-state index is 0.0597. The minimum Gasteiger partial charge on any atom is -0.392 e. The van der Waals surface area contributed by atoms with E-state index in [9.17, 15) is 21.6 Å². The molecule has 0 aromatic carbocycles. The van der Waals surface area contributed by atoms with Crippen LogP contribution in [0.3, 0.4) is 0 Å². The highest BCUT2D eigenvalue weighted by atomic mass is 32.2. The lowest BCUT2D eigenvalue weighted by Gasteiger charge is -2.10. The molecule has 0 aliphatic heterocycles. The Morgan fingerprint density at radius 3 is 2.29 bits per heavy atom. The second-order valence-electron chi connectivity index (χ2n) is 2.19. The van der Waals surface area contributed by atoms with Crippen molar-refractivity contribution in [2.24, 2.45) is 0 Å². The third kappa shape index (κ3) is 3.54. The van der Waals surface area contributed by atoms with Gasteiger partial charge in [-0.15, -0.1) is 0 Å². The highest BCUT2D eigenvalue weighted by Crippen LogP contribution is 2.27. The molecule has 0 saturated carbocycles. The van der Waals surface area contributed by atoms with Crippen molar-refractivity contribution in [3.8, 4) is 0 Å². The fourth-order valence-electron chi connectivity index (χ4n) is 0.527. The van der Waals surface area contributed by atoms with Gasteiger partial charge in [-0.25, -0.2) is 0 Å². The van der Waals surface area contributed by atoms with Crippen molar-refractivity contribution in [1.82, 2.24) is 0 Å². The highest BCUT2D eigenvalue weighted by Gasteiger charge is 2.48. The van der Waals surface area contributed by atoms with Crippen molar-refractivity contribution >= 4 is 10.1 Å². The van der Waals surface area contributed by atoms with Gasteiger partial charge in [-0.2, -0.15) is 21.6 Å². The molecule has 0 atom stereocenters. The van der Waals surface area contributed by atoms with Gasteiger partial charge in [0.05, 0.1) is 6.61 Å². The highest BCUT2D eigenvalue weighted by molar-refractivity contribution is 7.87. The van der Waals surface area contributed by atoms with Crippen molar-refractivity contribution in [2.75, 3.05) is 6.61 Å². The molecule has 0 aliphatic carbocycles. The lowest BCUT2D eigenvalue weighted by molar-refractivity contribution is -0.0523. The van der Waals surface area contributed by atoms with Crippen LogP contribution in [0.4, 0.5) is 13.2 Å². The molecule has 14 heavy (non-hydrogen) atoms. The van der Waals surface area contributed by atoms with Gasteiger partial charge in [0.2, 0.25) is 0 Å². The summed E-state index contributed by atoms with van der Waals surface area (Å²) in [4.78, 5) is 0. The molecule has 0 rings (SSSR count). The Bertz CT molecular complexity index is 304. The standard InChI is InChI=1S/C6H9F3O4S/c1-2-5(3-4-10)13-14(11,12)6(7,8)9/h3,10H,2,4H2,1H3. The van der Waals surface area contributed by atoms with Gasteiger partial charge in [0.15, 0.2) is 0 Å². The van der Waals surface area contributed by atoms with Crippen LogP contribution < -0.4 is 0 Å². The van der Waals surface area contributed by atoms with Crippen LogP contribution >= 0.6 is 0 Å². The fraction of sp³-hybridized carbons (Fsp3) is 0.667. The van der Waals surface area contributed by atoms with E-state index >= 15 is 0 Å². The van der Waals surface area contributed by atoms with E-state index < -0.39 is 28.0 Å². The van der Waals surface area contributed by atoms with E-state index in [2.05, 4.69) is 4.18 Å². The minimum atomic E-state index is -5.61. The number of allylic oxidation sites excluding steroid dienone is 1. The third-order valence-corrected chi connectivity index (χ3v) is 2.17. The summed E-state index contributed by atoms with van der Waals surface area (Å²) in [6.45, 7) is 0.809. The number of aliphatic hydroxyl groups excluding tert-OH is 1. The van der Waals surface area contributed by atoms with Crippen LogP contribution in [0.5, 0.6) is 0 Å². The number of hydrogen-bond acceptors (Lipinski definition) is 4. The van der Waals surface area contributed by atoms with Crippen LogP contribution in [0.2, 0.25) is 0 Å². The lowest BCUT2D eigenvalue weighted by atomic mass is 10.4. The van der Waals surface area contributed by atoms with Crippen LogP contribution in [0.25, 0.3) is 0 Å². The normalized spacial score (nSPS) is 14.2. The van der Waals surface area contributed by atoms with Crippen molar-refractivity contribution in [3.63, 3.8) is 0 Å². The van der Waals surface area contributed by atoms with Crippen LogP contribution in [-0.2, 0) is 14.3 Å². The van der Waals surface area contributed by atoms with Crippen molar-refractivity contribution < 1.29 is 30.9 Å². The molecule has 0 saturated heterocycles. The van der Waals surface area contributed by atoms with E-state index in [1.54, 1.807) is 0 Å². The molecule has 8 heteroatoms. The van der Waals surface area contributed by atoms with Gasteiger partial charge >= 0.3 is 15.6 Å². The maximum atomic E-state index is 11.8. The Morgan fingerprint density at radius 2 is 2.00 bits per heavy atom. The Labute approximate surface area is 79.1 Å². The van der Waals surface area contributed by atoms with E-state index in [0.29, 0.717) is 0 Å². The van der Waals surface area contributed by atoms with Gasteiger partial charge in [0.25, 0.3) is 0 Å². The van der Waals surface area contributed by atoms with Crippen molar-refractivity contribution in [1.29, 1.82) is 0 Å². The molecule has 0 heterocycles. The summed E-state index contributed by atoms with van der Waals surface area (Å²) in [6.07, 6.45) is 0.791. The molecular formula is C6H9F3O4S. The zero-order valence-electron chi connectivity index (χ0n) is 7.21. The topological polar surface area (TPSA) is 63.6 Å². The third-order valence-electron chi connectivity index (χ3n) is 1.17. The lowest BCUT2D eigenvalue weighted by Crippen LogP contribution is -2.25. The van der Waals surface area contributed by atoms with Crippen LogP contribution in [-0.4, -0.2) is 25.6 Å². The van der Waals surface area contributed by atoms with Gasteiger partial charge in [0.1, 0.15) is 5.76 Å². The van der Waals surface area contributed by atoms with E-state index in [4.69, 9.17) is 5.11 Å². The van der Waals surface area contributed by atoms with Gasteiger partial charge < -0.3 is 9.29 Å². The molecule has 0 aromatic rings. The quantitative estimate of drug-likeness (QED) is 0.450. The smallest absolute Gasteiger partial charge is 0.392 e. The molecule has 0 spiro atoms. The number of alkyl halides is 3. The zero-order chi connectivity index (χ0) is 11.4. The molecule has 0 aromatic heterocycles. The Kier molecular flexibility index (Phi) is 4.40. The van der Waals surface area contributed by atoms with Gasteiger partial charge in [0, 0.05) is 6.42 Å². The van der Waals surface area contributed by atoms with E-state index in [-0.39, 0.29) is 6.42 Å². The first-order valence-corrected chi connectivity index (χ1v) is 4.96. The van der Waals surface area contributed by atoms with Crippen molar-refractivity contribution in [2.45, 2.75) is 18.9 Å². The largest absolute Gasteiger partial charge is 0.534 e. The summed E-state index contributed by atoms with van der Waals surface area (Å²) in [7, 11) is -5.61. The maximum Gasteiger partial charge on any atom is 0.534 e. The molecule has 84 valence electrons. The predicted octanol–water partition coefficient (Wildman–Crippen LogP) is 1.14. The number of aliphatic hydroxyl groups is 1. The van der Waals surface area contributed by atoms with Gasteiger partial charge in [-0.05, 0) is 6.08 Å². The molecule has 0 radical (unpaired) electrons. The summed E-state index contributed by atoms with van der Waals surface area (Å²) in [5, 5.41) is 8.33. The first kappa shape index (κ1) is 13.2. The molecule has 0 aliphatic rings. The summed E-state index contributed by atoms with van der Waals surface area (Å²) < 4.78 is 59.9. The molecule has 4 nitrogen and oxygen atoms in total. The van der Waals surface area contributed by atoms with E-state index in [0.717, 1.165) is 6.08 Å². The van der Waals surface area contributed by atoms with Gasteiger partial charge in [-0.3, -0.25) is 0 Å². The average Bonchev–Trinajstić information content (AvgIpc) is 2.01. The molecular weight excluding hydrogens is 225 g/mol. The Balaban J connectivity index is 4.76. The molecule has 1 N–H and O–H groups in total. The molecule has 0 bridgehead atoms. The summed E-state index contributed by atoms with van der Waals surface area (Å²) >= 11 is 0. The summed E-state index contributed by atoms with van der Waals surface area (Å²) in [5.41, 5.74) is -5.45. The molecule has 0 amide bonds. The van der Waals surface area contributed by atoms with Gasteiger partial charge in [-0.1, -0.05) is 6.92 Å². The Hall–Kier alpha value is -0.760. The maximum absolute atomic E-state index is 11.8. The number of halogens is 3. The first-order chi connectivity index (χ1) is 6.24. The molecule has 0 unspecified atom stereocenters. The Morgan fingerprint density at radius 1 is 1.50 bits per heavy atom. The SMILES string of the molecule is CCC(=CCO)OS(=O)(=O)C(F)(F)F. The fourth-order valence-corrected chi connectivity index (χ4v) is 1.09. The average molecular weight is 234 g/mol. The summed E-state index contributed by atoms with van der Waals surface area (Å²) in [5.74, 6) is -0.440. The number of hydrogen-bond donors (Lipinski definition) is 1. The predicted molar refractivity (Wildman–Crippen MR) is 41.5 cm³/mol. The number of rotatable bonds is 4. The van der Waals surface area contributed by atoms with Crippen LogP contribution in [0, 0.1) is 0 Å². The summed E-state index contributed by atoms with van der Waals surface area (Å²) in [6, 6.07) is 0.